The zero-order valence-corrected chi connectivity index (χ0v) is 20.6. The van der Waals surface area contributed by atoms with Gasteiger partial charge in [-0.15, -0.1) is 0 Å². The molecule has 8 nitrogen and oxygen atoms in total. The summed E-state index contributed by atoms with van der Waals surface area (Å²) in [5.74, 6) is 0.809. The van der Waals surface area contributed by atoms with E-state index in [0.717, 1.165) is 76.6 Å². The van der Waals surface area contributed by atoms with Crippen LogP contribution in [0.25, 0.3) is 0 Å². The van der Waals surface area contributed by atoms with Crippen LogP contribution in [-0.4, -0.2) is 97.4 Å². The van der Waals surface area contributed by atoms with Crippen molar-refractivity contribution in [2.75, 3.05) is 76.2 Å². The predicted molar refractivity (Wildman–Crippen MR) is 138 cm³/mol. The first-order valence-corrected chi connectivity index (χ1v) is 12.8. The van der Waals surface area contributed by atoms with Crippen LogP contribution in [0.5, 0.6) is 0 Å². The number of likely N-dealkylation sites (N-methyl/N-ethyl adjacent to an activating group) is 1. The lowest BCUT2D eigenvalue weighted by atomic mass is 9.89. The summed E-state index contributed by atoms with van der Waals surface area (Å²) in [4.78, 5) is 38.3. The Kier molecular flexibility index (Phi) is 7.29. The topological polar surface area (TPSA) is 72.0 Å². The van der Waals surface area contributed by atoms with Gasteiger partial charge in [0, 0.05) is 64.2 Å². The van der Waals surface area contributed by atoms with Crippen molar-refractivity contribution in [3.05, 3.63) is 54.4 Å². The van der Waals surface area contributed by atoms with Crippen LogP contribution in [0.3, 0.4) is 0 Å². The molecule has 2 aromatic rings. The molecule has 0 atom stereocenters. The Morgan fingerprint density at radius 2 is 1.69 bits per heavy atom. The lowest BCUT2D eigenvalue weighted by molar-refractivity contribution is -0.133. The molecule has 5 rings (SSSR count). The maximum atomic E-state index is 12.7. The lowest BCUT2D eigenvalue weighted by Gasteiger charge is -2.39. The summed E-state index contributed by atoms with van der Waals surface area (Å²) in [6, 6.07) is 12.2. The fourth-order valence-corrected chi connectivity index (χ4v) is 5.24. The zero-order valence-electron chi connectivity index (χ0n) is 20.6. The second kappa shape index (κ2) is 10.7. The van der Waals surface area contributed by atoms with E-state index in [1.807, 2.05) is 35.4 Å². The first-order chi connectivity index (χ1) is 17.0. The fourth-order valence-electron chi connectivity index (χ4n) is 5.24. The minimum atomic E-state index is 0.00240. The summed E-state index contributed by atoms with van der Waals surface area (Å²) in [5.41, 5.74) is 3.20. The molecule has 0 bridgehead atoms. The molecule has 0 radical (unpaired) electrons. The van der Waals surface area contributed by atoms with E-state index in [2.05, 4.69) is 44.2 Å². The lowest BCUT2D eigenvalue weighted by Crippen LogP contribution is -2.52. The number of nitrogens with one attached hydrogen (secondary N) is 1. The maximum absolute atomic E-state index is 12.7. The van der Waals surface area contributed by atoms with Gasteiger partial charge in [0.1, 0.15) is 0 Å². The Bertz CT molecular complexity index is 992. The number of hydrogen-bond donors (Lipinski definition) is 1. The molecule has 4 heterocycles. The highest BCUT2D eigenvalue weighted by Gasteiger charge is 2.33. The smallest absolute Gasteiger partial charge is 0.236 e. The van der Waals surface area contributed by atoms with Gasteiger partial charge in [0.15, 0.2) is 0 Å². The largest absolute Gasteiger partial charge is 0.369 e. The molecule has 186 valence electrons. The number of carbonyl (C=O) groups excluding carboxylic acids is 2. The van der Waals surface area contributed by atoms with E-state index >= 15 is 0 Å². The van der Waals surface area contributed by atoms with Crippen LogP contribution in [0.15, 0.2) is 48.8 Å². The van der Waals surface area contributed by atoms with Gasteiger partial charge >= 0.3 is 0 Å². The van der Waals surface area contributed by atoms with Crippen molar-refractivity contribution in [1.82, 2.24) is 19.7 Å². The molecule has 2 amide bonds. The number of pyridine rings is 1. The average Bonchev–Trinajstić information content (AvgIpc) is 2.86. The van der Waals surface area contributed by atoms with Crippen molar-refractivity contribution < 1.29 is 9.59 Å². The number of likely N-dealkylation sites (tertiary alicyclic amines) is 1. The van der Waals surface area contributed by atoms with Crippen LogP contribution < -0.4 is 10.2 Å². The molecule has 3 aliphatic heterocycles. The number of piperidine rings is 1. The first-order valence-electron chi connectivity index (χ1n) is 12.8. The number of nitrogens with zero attached hydrogens (tertiary/aromatic N) is 5. The number of aromatic nitrogens is 1. The highest BCUT2D eigenvalue weighted by atomic mass is 16.2. The van der Waals surface area contributed by atoms with E-state index in [1.54, 1.807) is 6.20 Å². The Hall–Kier alpha value is -2.97. The van der Waals surface area contributed by atoms with Gasteiger partial charge in [-0.05, 0) is 55.6 Å². The van der Waals surface area contributed by atoms with Gasteiger partial charge in [-0.2, -0.15) is 0 Å². The van der Waals surface area contributed by atoms with Crippen molar-refractivity contribution in [1.29, 1.82) is 0 Å². The molecule has 1 aromatic carbocycles. The van der Waals surface area contributed by atoms with Gasteiger partial charge in [0.05, 0.1) is 24.3 Å². The van der Waals surface area contributed by atoms with E-state index in [1.165, 1.54) is 5.56 Å². The standard InChI is InChI=1S/C27H36N6O2/c1-30-13-15-31(16-14-30)20-26(34)32-11-8-22(9-12-32)21-4-6-24(7-5-21)29-27(35)23-18-33(19-23)25-3-2-10-28-17-25/h2-7,10,17,22-23H,8-9,11-16,18-20H2,1H3,(H,29,35). The molecule has 1 aromatic heterocycles. The predicted octanol–water partition coefficient (Wildman–Crippen LogP) is 2.11. The molecule has 0 unspecified atom stereocenters. The quantitative estimate of drug-likeness (QED) is 0.689. The summed E-state index contributed by atoms with van der Waals surface area (Å²) in [7, 11) is 2.14. The van der Waals surface area contributed by atoms with Crippen molar-refractivity contribution in [3.8, 4) is 0 Å². The van der Waals surface area contributed by atoms with Crippen LogP contribution in [0.4, 0.5) is 11.4 Å². The Morgan fingerprint density at radius 1 is 0.971 bits per heavy atom. The van der Waals surface area contributed by atoms with Crippen LogP contribution >= 0.6 is 0 Å². The van der Waals surface area contributed by atoms with Crippen molar-refractivity contribution in [2.24, 2.45) is 5.92 Å². The Morgan fingerprint density at radius 3 is 2.34 bits per heavy atom. The molecule has 0 aliphatic carbocycles. The molecule has 3 saturated heterocycles. The van der Waals surface area contributed by atoms with E-state index in [-0.39, 0.29) is 17.7 Å². The molecule has 0 saturated carbocycles. The highest BCUT2D eigenvalue weighted by molar-refractivity contribution is 5.94. The molecular formula is C27H36N6O2. The molecular weight excluding hydrogens is 440 g/mol. The van der Waals surface area contributed by atoms with Crippen LogP contribution in [-0.2, 0) is 9.59 Å². The second-order valence-corrected chi connectivity index (χ2v) is 10.2. The van der Waals surface area contributed by atoms with Gasteiger partial charge in [0.25, 0.3) is 0 Å². The average molecular weight is 477 g/mol. The van der Waals surface area contributed by atoms with Crippen molar-refractivity contribution >= 4 is 23.2 Å². The third-order valence-corrected chi connectivity index (χ3v) is 7.72. The number of rotatable bonds is 6. The van der Waals surface area contributed by atoms with E-state index < -0.39 is 0 Å². The summed E-state index contributed by atoms with van der Waals surface area (Å²) < 4.78 is 0. The summed E-state index contributed by atoms with van der Waals surface area (Å²) in [5, 5.41) is 3.07. The van der Waals surface area contributed by atoms with Gasteiger partial charge in [-0.25, -0.2) is 0 Å². The third kappa shape index (κ3) is 5.82. The molecule has 8 heteroatoms. The van der Waals surface area contributed by atoms with Gasteiger partial charge in [0.2, 0.25) is 11.8 Å². The zero-order chi connectivity index (χ0) is 24.2. The van der Waals surface area contributed by atoms with Crippen molar-refractivity contribution in [3.63, 3.8) is 0 Å². The number of piperazine rings is 1. The Balaban J connectivity index is 1.05. The van der Waals surface area contributed by atoms with Gasteiger partial charge < -0.3 is 20.0 Å². The number of anilines is 2. The van der Waals surface area contributed by atoms with Crippen LogP contribution in [0.2, 0.25) is 0 Å². The molecule has 0 spiro atoms. The Labute approximate surface area is 207 Å². The number of hydrogen-bond acceptors (Lipinski definition) is 6. The summed E-state index contributed by atoms with van der Waals surface area (Å²) in [6.07, 6.45) is 5.58. The summed E-state index contributed by atoms with van der Waals surface area (Å²) >= 11 is 0. The molecule has 1 N–H and O–H groups in total. The maximum Gasteiger partial charge on any atom is 0.236 e. The normalized spacial score (nSPS) is 20.5. The third-order valence-electron chi connectivity index (χ3n) is 7.72. The highest BCUT2D eigenvalue weighted by Crippen LogP contribution is 2.30. The van der Waals surface area contributed by atoms with Crippen molar-refractivity contribution in [2.45, 2.75) is 18.8 Å². The van der Waals surface area contributed by atoms with E-state index in [4.69, 9.17) is 0 Å². The van der Waals surface area contributed by atoms with Gasteiger partial charge in [-0.1, -0.05) is 12.1 Å². The number of benzene rings is 1. The van der Waals surface area contributed by atoms with Crippen LogP contribution in [0, 0.1) is 5.92 Å². The number of amides is 2. The summed E-state index contributed by atoms with van der Waals surface area (Å²) in [6.45, 7) is 7.68. The minimum Gasteiger partial charge on any atom is -0.369 e. The van der Waals surface area contributed by atoms with Crippen LogP contribution in [0.1, 0.15) is 24.3 Å². The van der Waals surface area contributed by atoms with E-state index in [0.29, 0.717) is 12.5 Å². The van der Waals surface area contributed by atoms with Gasteiger partial charge in [-0.3, -0.25) is 19.5 Å². The SMILES string of the molecule is CN1CCN(CC(=O)N2CCC(c3ccc(NC(=O)C4CN(c5cccnc5)C4)cc3)CC2)CC1. The first kappa shape index (κ1) is 23.8. The second-order valence-electron chi connectivity index (χ2n) is 10.2. The number of carbonyl (C=O) groups is 2. The fraction of sp³-hybridized carbons (Fsp3) is 0.519. The minimum absolute atomic E-state index is 0.00240. The molecule has 35 heavy (non-hydrogen) atoms. The molecule has 3 fully saturated rings. The molecule has 3 aliphatic rings. The monoisotopic (exact) mass is 476 g/mol. The van der Waals surface area contributed by atoms with E-state index in [9.17, 15) is 9.59 Å².